The molecule has 19 heavy (non-hydrogen) atoms. The summed E-state index contributed by atoms with van der Waals surface area (Å²) >= 11 is 0. The molecule has 0 bridgehead atoms. The molecule has 5 heteroatoms. The normalized spacial score (nSPS) is 23.2. The highest BCUT2D eigenvalue weighted by atomic mass is 19.4. The Kier molecular flexibility index (Phi) is 3.62. The van der Waals surface area contributed by atoms with Gasteiger partial charge in [-0.25, -0.2) is 0 Å². The molecule has 0 heterocycles. The molecule has 0 radical (unpaired) electrons. The summed E-state index contributed by atoms with van der Waals surface area (Å²) in [5, 5.41) is 11.9. The standard InChI is InChI=1S/C14H18F3NO/c1-13(2)7-9-5-3-4-6-10(9)12(13)18-8-11(19)14(15,16)17/h3-6,11-12,18-19H,7-8H2,1-2H3. The van der Waals surface area contributed by atoms with Gasteiger partial charge in [0.25, 0.3) is 0 Å². The number of rotatable bonds is 3. The van der Waals surface area contributed by atoms with Crippen LogP contribution in [0.4, 0.5) is 13.2 Å². The minimum atomic E-state index is -4.57. The molecule has 0 saturated heterocycles. The summed E-state index contributed by atoms with van der Waals surface area (Å²) < 4.78 is 37.0. The smallest absolute Gasteiger partial charge is 0.382 e. The molecule has 2 N–H and O–H groups in total. The van der Waals surface area contributed by atoms with Crippen LogP contribution in [0.5, 0.6) is 0 Å². The van der Waals surface area contributed by atoms with Crippen LogP contribution in [0.3, 0.4) is 0 Å². The van der Waals surface area contributed by atoms with Crippen molar-refractivity contribution in [3.63, 3.8) is 0 Å². The first kappa shape index (κ1) is 14.3. The van der Waals surface area contributed by atoms with Crippen molar-refractivity contribution in [2.24, 2.45) is 5.41 Å². The molecule has 106 valence electrons. The minimum Gasteiger partial charge on any atom is -0.382 e. The monoisotopic (exact) mass is 273 g/mol. The lowest BCUT2D eigenvalue weighted by molar-refractivity contribution is -0.202. The largest absolute Gasteiger partial charge is 0.415 e. The Morgan fingerprint density at radius 2 is 2.00 bits per heavy atom. The van der Waals surface area contributed by atoms with Crippen LogP contribution in [0, 0.1) is 5.41 Å². The molecule has 0 amide bonds. The molecule has 1 aliphatic carbocycles. The Labute approximate surface area is 110 Å². The lowest BCUT2D eigenvalue weighted by Gasteiger charge is -2.30. The van der Waals surface area contributed by atoms with Gasteiger partial charge in [0.05, 0.1) is 0 Å². The quantitative estimate of drug-likeness (QED) is 0.887. The molecule has 2 unspecified atom stereocenters. The fourth-order valence-electron chi connectivity index (χ4n) is 2.72. The summed E-state index contributed by atoms with van der Waals surface area (Å²) in [6, 6.07) is 7.58. The molecule has 2 atom stereocenters. The van der Waals surface area contributed by atoms with Crippen LogP contribution in [0.1, 0.15) is 31.0 Å². The van der Waals surface area contributed by atoms with Gasteiger partial charge in [0, 0.05) is 12.6 Å². The zero-order valence-electron chi connectivity index (χ0n) is 11.0. The second-order valence-corrected chi connectivity index (χ2v) is 5.76. The van der Waals surface area contributed by atoms with Crippen LogP contribution < -0.4 is 5.32 Å². The van der Waals surface area contributed by atoms with Crippen molar-refractivity contribution in [1.82, 2.24) is 5.32 Å². The number of aliphatic hydroxyl groups is 1. The highest BCUT2D eigenvalue weighted by Gasteiger charge is 2.42. The van der Waals surface area contributed by atoms with Gasteiger partial charge >= 0.3 is 6.18 Å². The lowest BCUT2D eigenvalue weighted by Crippen LogP contribution is -2.42. The summed E-state index contributed by atoms with van der Waals surface area (Å²) in [6.07, 6.45) is -6.07. The van der Waals surface area contributed by atoms with Crippen LogP contribution in [0.25, 0.3) is 0 Å². The van der Waals surface area contributed by atoms with Gasteiger partial charge in [-0.3, -0.25) is 0 Å². The van der Waals surface area contributed by atoms with Crippen molar-refractivity contribution >= 4 is 0 Å². The summed E-state index contributed by atoms with van der Waals surface area (Å²) in [6.45, 7) is 3.56. The van der Waals surface area contributed by atoms with E-state index in [1.54, 1.807) is 0 Å². The lowest BCUT2D eigenvalue weighted by atomic mass is 9.85. The Hall–Kier alpha value is -1.07. The van der Waals surface area contributed by atoms with Gasteiger partial charge in [-0.05, 0) is 23.0 Å². The highest BCUT2D eigenvalue weighted by Crippen LogP contribution is 2.45. The summed E-state index contributed by atoms with van der Waals surface area (Å²) in [5.74, 6) is 0. The van der Waals surface area contributed by atoms with Crippen molar-refractivity contribution in [3.8, 4) is 0 Å². The molecule has 0 saturated carbocycles. The van der Waals surface area contributed by atoms with Crippen LogP contribution in [-0.4, -0.2) is 23.9 Å². The SMILES string of the molecule is CC1(C)Cc2ccccc2C1NCC(O)C(F)(F)F. The zero-order valence-corrected chi connectivity index (χ0v) is 11.0. The van der Waals surface area contributed by atoms with E-state index in [9.17, 15) is 13.2 Å². The molecule has 2 rings (SSSR count). The number of benzene rings is 1. The average Bonchev–Trinajstić information content (AvgIpc) is 2.54. The molecule has 0 aliphatic heterocycles. The first-order chi connectivity index (χ1) is 8.72. The molecule has 1 aromatic carbocycles. The third-order valence-electron chi connectivity index (χ3n) is 3.69. The molecular weight excluding hydrogens is 255 g/mol. The van der Waals surface area contributed by atoms with Gasteiger partial charge < -0.3 is 10.4 Å². The average molecular weight is 273 g/mol. The summed E-state index contributed by atoms with van der Waals surface area (Å²) in [5.41, 5.74) is 2.03. The van der Waals surface area contributed by atoms with Crippen molar-refractivity contribution in [2.75, 3.05) is 6.54 Å². The van der Waals surface area contributed by atoms with Crippen molar-refractivity contribution in [2.45, 2.75) is 38.6 Å². The third kappa shape index (κ3) is 2.92. The van der Waals surface area contributed by atoms with Gasteiger partial charge in [-0.1, -0.05) is 38.1 Å². The number of aliphatic hydroxyl groups excluding tert-OH is 1. The number of nitrogens with one attached hydrogen (secondary N) is 1. The van der Waals surface area contributed by atoms with E-state index in [0.29, 0.717) is 0 Å². The molecule has 0 aromatic heterocycles. The van der Waals surface area contributed by atoms with E-state index in [1.165, 1.54) is 0 Å². The molecule has 1 aromatic rings. The summed E-state index contributed by atoms with van der Waals surface area (Å²) in [4.78, 5) is 0. The number of halogens is 3. The summed E-state index contributed by atoms with van der Waals surface area (Å²) in [7, 11) is 0. The molecule has 1 aliphatic rings. The number of hydrogen-bond donors (Lipinski definition) is 2. The topological polar surface area (TPSA) is 32.3 Å². The van der Waals surface area contributed by atoms with E-state index in [2.05, 4.69) is 5.32 Å². The zero-order chi connectivity index (χ0) is 14.3. The minimum absolute atomic E-state index is 0.158. The van der Waals surface area contributed by atoms with Crippen LogP contribution in [0.15, 0.2) is 24.3 Å². The Bertz CT molecular complexity index is 456. The first-order valence-electron chi connectivity index (χ1n) is 6.28. The second kappa shape index (κ2) is 4.80. The Morgan fingerprint density at radius 3 is 2.63 bits per heavy atom. The fraction of sp³-hybridized carbons (Fsp3) is 0.571. The predicted octanol–water partition coefficient (Wildman–Crippen LogP) is 2.82. The Balaban J connectivity index is 2.11. The molecule has 0 spiro atoms. The maximum absolute atomic E-state index is 12.3. The van der Waals surface area contributed by atoms with E-state index in [4.69, 9.17) is 5.11 Å². The maximum Gasteiger partial charge on any atom is 0.415 e. The molecule has 0 fully saturated rings. The number of fused-ring (bicyclic) bond motifs is 1. The first-order valence-corrected chi connectivity index (χ1v) is 6.28. The predicted molar refractivity (Wildman–Crippen MR) is 66.7 cm³/mol. The number of alkyl halides is 3. The van der Waals surface area contributed by atoms with Crippen LogP contribution in [-0.2, 0) is 6.42 Å². The van der Waals surface area contributed by atoms with E-state index >= 15 is 0 Å². The van der Waals surface area contributed by atoms with E-state index in [1.807, 2.05) is 38.1 Å². The second-order valence-electron chi connectivity index (χ2n) is 5.76. The van der Waals surface area contributed by atoms with Crippen molar-refractivity contribution < 1.29 is 18.3 Å². The fourth-order valence-corrected chi connectivity index (χ4v) is 2.72. The molecule has 2 nitrogen and oxygen atoms in total. The van der Waals surface area contributed by atoms with Gasteiger partial charge in [-0.15, -0.1) is 0 Å². The van der Waals surface area contributed by atoms with Crippen molar-refractivity contribution in [3.05, 3.63) is 35.4 Å². The van der Waals surface area contributed by atoms with E-state index in [0.717, 1.165) is 17.5 Å². The highest BCUT2D eigenvalue weighted by molar-refractivity contribution is 5.37. The van der Waals surface area contributed by atoms with Crippen LogP contribution >= 0.6 is 0 Å². The van der Waals surface area contributed by atoms with E-state index < -0.39 is 18.8 Å². The van der Waals surface area contributed by atoms with Gasteiger partial charge in [-0.2, -0.15) is 13.2 Å². The third-order valence-corrected chi connectivity index (χ3v) is 3.69. The Morgan fingerprint density at radius 1 is 1.37 bits per heavy atom. The van der Waals surface area contributed by atoms with E-state index in [-0.39, 0.29) is 11.5 Å². The van der Waals surface area contributed by atoms with Crippen LogP contribution in [0.2, 0.25) is 0 Å². The molecular formula is C14H18F3NO. The van der Waals surface area contributed by atoms with Gasteiger partial charge in [0.1, 0.15) is 0 Å². The van der Waals surface area contributed by atoms with Gasteiger partial charge in [0.2, 0.25) is 0 Å². The number of hydrogen-bond acceptors (Lipinski definition) is 2. The van der Waals surface area contributed by atoms with Gasteiger partial charge in [0.15, 0.2) is 6.10 Å². The maximum atomic E-state index is 12.3. The van der Waals surface area contributed by atoms with Crippen molar-refractivity contribution in [1.29, 1.82) is 0 Å².